The highest BCUT2D eigenvalue weighted by molar-refractivity contribution is 8.18. The number of benzene rings is 4. The van der Waals surface area contributed by atoms with Crippen molar-refractivity contribution in [3.05, 3.63) is 113 Å². The number of amides is 1. The normalized spacial score (nSPS) is 16.8. The van der Waals surface area contributed by atoms with Crippen molar-refractivity contribution in [2.45, 2.75) is 26.8 Å². The fraction of sp³-hybridized carbons (Fsp3) is 0.188. The van der Waals surface area contributed by atoms with Gasteiger partial charge in [0.05, 0.1) is 23.2 Å². The number of nitrogens with zero attached hydrogens (tertiary/aromatic N) is 2. The number of carbonyl (C=O) groups is 1. The highest BCUT2D eigenvalue weighted by Gasteiger charge is 2.37. The van der Waals surface area contributed by atoms with Crippen LogP contribution in [0.1, 0.15) is 37.9 Å². The third kappa shape index (κ3) is 5.47. The van der Waals surface area contributed by atoms with Crippen LogP contribution >= 0.6 is 11.8 Å². The lowest BCUT2D eigenvalue weighted by molar-refractivity contribution is -0.123. The molecule has 4 aromatic carbocycles. The molecule has 0 unspecified atom stereocenters. The Morgan fingerprint density at radius 3 is 2.19 bits per heavy atom. The second kappa shape index (κ2) is 11.1. The van der Waals surface area contributed by atoms with Crippen molar-refractivity contribution in [1.29, 1.82) is 0 Å². The van der Waals surface area contributed by atoms with Crippen LogP contribution in [0.2, 0.25) is 0 Å². The first-order valence-corrected chi connectivity index (χ1v) is 13.4. The van der Waals surface area contributed by atoms with Crippen molar-refractivity contribution in [3.8, 4) is 5.75 Å². The largest absolute Gasteiger partial charge is 0.493 e. The molecular weight excluding hydrogens is 476 g/mol. The lowest BCUT2D eigenvalue weighted by atomic mass is 10.0. The Bertz CT molecular complexity index is 1460. The number of hydrogen-bond acceptors (Lipinski definition) is 4. The van der Waals surface area contributed by atoms with Crippen molar-refractivity contribution in [2.24, 2.45) is 10.9 Å². The van der Waals surface area contributed by atoms with Gasteiger partial charge in [0, 0.05) is 5.39 Å². The molecule has 0 spiro atoms. The molecule has 1 saturated heterocycles. The number of thioether (sulfide) groups is 1. The van der Waals surface area contributed by atoms with Crippen LogP contribution in [-0.2, 0) is 4.79 Å². The van der Waals surface area contributed by atoms with E-state index in [-0.39, 0.29) is 11.9 Å². The van der Waals surface area contributed by atoms with Gasteiger partial charge in [-0.1, -0.05) is 92.7 Å². The van der Waals surface area contributed by atoms with Crippen molar-refractivity contribution < 1.29 is 9.53 Å². The molecule has 5 rings (SSSR count). The molecule has 5 heteroatoms. The molecule has 1 amide bonds. The van der Waals surface area contributed by atoms with Crippen LogP contribution in [0.15, 0.2) is 107 Å². The summed E-state index contributed by atoms with van der Waals surface area (Å²) in [6.45, 7) is 6.99. The molecule has 0 aliphatic carbocycles. The number of para-hydroxylation sites is 1. The summed E-state index contributed by atoms with van der Waals surface area (Å²) < 4.78 is 6.09. The minimum atomic E-state index is -0.155. The molecule has 37 heavy (non-hydrogen) atoms. The van der Waals surface area contributed by atoms with E-state index in [0.717, 1.165) is 33.3 Å². The summed E-state index contributed by atoms with van der Waals surface area (Å²) in [4.78, 5) is 21.2. The highest BCUT2D eigenvalue weighted by Crippen LogP contribution is 2.40. The summed E-state index contributed by atoms with van der Waals surface area (Å²) in [5.41, 5.74) is 2.87. The Hall–Kier alpha value is -3.83. The standard InChI is InChI=1S/C32H30N2O2S/c1-22(2)21-36-29-19-18-25(27-16-10-11-17-28(27)29)20-30-31(35)34(23(3)24-12-6-4-7-13-24)32(37-30)33-26-14-8-5-9-15-26/h4-20,22-23H,21H2,1-3H3/b30-20+,33-32?/t23-/m0/s1. The Labute approximate surface area is 222 Å². The van der Waals surface area contributed by atoms with Gasteiger partial charge in [-0.15, -0.1) is 0 Å². The van der Waals surface area contributed by atoms with Gasteiger partial charge < -0.3 is 4.74 Å². The molecule has 4 nitrogen and oxygen atoms in total. The molecule has 0 aromatic heterocycles. The second-order valence-electron chi connectivity index (χ2n) is 9.51. The van der Waals surface area contributed by atoms with Crippen molar-refractivity contribution in [3.63, 3.8) is 0 Å². The SMILES string of the molecule is CC(C)COc1ccc(/C=C2/SC(=Nc3ccccc3)N([C@@H](C)c3ccccc3)C2=O)c2ccccc12. The van der Waals surface area contributed by atoms with Crippen molar-refractivity contribution >= 4 is 45.4 Å². The van der Waals surface area contributed by atoms with Crippen molar-refractivity contribution in [2.75, 3.05) is 6.61 Å². The van der Waals surface area contributed by atoms with E-state index in [0.29, 0.717) is 22.6 Å². The molecule has 1 atom stereocenters. The van der Waals surface area contributed by atoms with Gasteiger partial charge in [0.15, 0.2) is 5.17 Å². The van der Waals surface area contributed by atoms with E-state index in [2.05, 4.69) is 26.0 Å². The van der Waals surface area contributed by atoms with Crippen LogP contribution in [-0.4, -0.2) is 22.6 Å². The van der Waals surface area contributed by atoms with Gasteiger partial charge in [-0.05, 0) is 65.4 Å². The van der Waals surface area contributed by atoms with Gasteiger partial charge >= 0.3 is 0 Å². The lowest BCUT2D eigenvalue weighted by Gasteiger charge is -2.24. The third-order valence-electron chi connectivity index (χ3n) is 6.26. The number of ether oxygens (including phenoxy) is 1. The Morgan fingerprint density at radius 1 is 0.838 bits per heavy atom. The third-order valence-corrected chi connectivity index (χ3v) is 7.25. The first-order chi connectivity index (χ1) is 18.0. The minimum Gasteiger partial charge on any atom is -0.493 e. The zero-order valence-corrected chi connectivity index (χ0v) is 22.1. The summed E-state index contributed by atoms with van der Waals surface area (Å²) in [6.07, 6.45) is 1.99. The van der Waals surface area contributed by atoms with Crippen LogP contribution in [0.3, 0.4) is 0 Å². The minimum absolute atomic E-state index is 0.0414. The number of fused-ring (bicyclic) bond motifs is 1. The second-order valence-corrected chi connectivity index (χ2v) is 10.5. The van der Waals surface area contributed by atoms with E-state index in [1.807, 2.05) is 97.9 Å². The van der Waals surface area contributed by atoms with Gasteiger partial charge in [-0.2, -0.15) is 0 Å². The predicted octanol–water partition coefficient (Wildman–Crippen LogP) is 8.24. The van der Waals surface area contributed by atoms with E-state index < -0.39 is 0 Å². The van der Waals surface area contributed by atoms with E-state index >= 15 is 0 Å². The van der Waals surface area contributed by atoms with Gasteiger partial charge in [0.1, 0.15) is 5.75 Å². The average molecular weight is 507 g/mol. The first-order valence-electron chi connectivity index (χ1n) is 12.6. The summed E-state index contributed by atoms with van der Waals surface area (Å²) in [6, 6.07) is 31.9. The molecule has 1 aliphatic rings. The van der Waals surface area contributed by atoms with Crippen LogP contribution in [0.4, 0.5) is 5.69 Å². The first kappa shape index (κ1) is 24.8. The van der Waals surface area contributed by atoms with Gasteiger partial charge in [-0.3, -0.25) is 9.69 Å². The monoisotopic (exact) mass is 506 g/mol. The number of carbonyl (C=O) groups excluding carboxylic acids is 1. The summed E-state index contributed by atoms with van der Waals surface area (Å²) >= 11 is 1.42. The maximum absolute atomic E-state index is 13.8. The van der Waals surface area contributed by atoms with Crippen LogP contribution in [0.5, 0.6) is 5.75 Å². The predicted molar refractivity (Wildman–Crippen MR) is 155 cm³/mol. The number of aliphatic imine (C=N–C) groups is 1. The summed E-state index contributed by atoms with van der Waals surface area (Å²) in [5.74, 6) is 1.26. The molecule has 0 N–H and O–H groups in total. The molecular formula is C32H30N2O2S. The number of amidine groups is 1. The lowest BCUT2D eigenvalue weighted by Crippen LogP contribution is -2.32. The van der Waals surface area contributed by atoms with Gasteiger partial charge in [0.2, 0.25) is 0 Å². The molecule has 0 saturated carbocycles. The fourth-order valence-electron chi connectivity index (χ4n) is 4.34. The number of hydrogen-bond donors (Lipinski definition) is 0. The van der Waals surface area contributed by atoms with Crippen molar-refractivity contribution in [1.82, 2.24) is 4.90 Å². The Balaban J connectivity index is 1.56. The molecule has 1 heterocycles. The van der Waals surface area contributed by atoms with Crippen LogP contribution in [0.25, 0.3) is 16.8 Å². The van der Waals surface area contributed by atoms with Crippen LogP contribution < -0.4 is 4.74 Å². The van der Waals surface area contributed by atoms with E-state index in [1.54, 1.807) is 4.90 Å². The maximum Gasteiger partial charge on any atom is 0.267 e. The average Bonchev–Trinajstić information content (AvgIpc) is 3.22. The highest BCUT2D eigenvalue weighted by atomic mass is 32.2. The fourth-order valence-corrected chi connectivity index (χ4v) is 5.40. The Kier molecular flexibility index (Phi) is 7.42. The summed E-state index contributed by atoms with van der Waals surface area (Å²) in [5, 5.41) is 2.78. The molecule has 1 aliphatic heterocycles. The number of rotatable bonds is 7. The maximum atomic E-state index is 13.8. The molecule has 0 radical (unpaired) electrons. The molecule has 0 bridgehead atoms. The van der Waals surface area contributed by atoms with E-state index in [1.165, 1.54) is 11.8 Å². The molecule has 4 aromatic rings. The smallest absolute Gasteiger partial charge is 0.267 e. The topological polar surface area (TPSA) is 41.9 Å². The summed E-state index contributed by atoms with van der Waals surface area (Å²) in [7, 11) is 0. The zero-order valence-electron chi connectivity index (χ0n) is 21.3. The van der Waals surface area contributed by atoms with Gasteiger partial charge in [0.25, 0.3) is 5.91 Å². The van der Waals surface area contributed by atoms with Crippen LogP contribution in [0, 0.1) is 5.92 Å². The van der Waals surface area contributed by atoms with Gasteiger partial charge in [-0.25, -0.2) is 4.99 Å². The molecule has 1 fully saturated rings. The quantitative estimate of drug-likeness (QED) is 0.237. The Morgan fingerprint density at radius 2 is 1.49 bits per heavy atom. The van der Waals surface area contributed by atoms with E-state index in [4.69, 9.17) is 9.73 Å². The van der Waals surface area contributed by atoms with E-state index in [9.17, 15) is 4.79 Å². The molecule has 186 valence electrons. The zero-order chi connectivity index (χ0) is 25.8.